The van der Waals surface area contributed by atoms with E-state index in [1.807, 2.05) is 53.2 Å². The van der Waals surface area contributed by atoms with E-state index in [0.717, 1.165) is 16.5 Å². The van der Waals surface area contributed by atoms with E-state index in [1.54, 1.807) is 12.1 Å². The molecule has 0 saturated heterocycles. The summed E-state index contributed by atoms with van der Waals surface area (Å²) < 4.78 is 7.61. The lowest BCUT2D eigenvalue weighted by Gasteiger charge is -2.09. The number of hydrogen-bond acceptors (Lipinski definition) is 2. The van der Waals surface area contributed by atoms with Crippen molar-refractivity contribution in [1.29, 1.82) is 0 Å². The Labute approximate surface area is 128 Å². The number of hydrogen-bond donors (Lipinski definition) is 1. The van der Waals surface area contributed by atoms with Gasteiger partial charge in [0.2, 0.25) is 0 Å². The molecule has 0 aliphatic rings. The Morgan fingerprint density at radius 3 is 2.64 bits per heavy atom. The van der Waals surface area contributed by atoms with Gasteiger partial charge in [0.1, 0.15) is 0 Å². The molecule has 4 heteroatoms. The SMILES string of the molecule is O=C(O)c1cccc2ccn(CCOCc3ccccc3)c12. The van der Waals surface area contributed by atoms with Gasteiger partial charge in [0.05, 0.1) is 24.3 Å². The molecule has 0 atom stereocenters. The van der Waals surface area contributed by atoms with E-state index in [-0.39, 0.29) is 0 Å². The fourth-order valence-electron chi connectivity index (χ4n) is 2.55. The number of rotatable bonds is 6. The summed E-state index contributed by atoms with van der Waals surface area (Å²) in [5.41, 5.74) is 2.20. The summed E-state index contributed by atoms with van der Waals surface area (Å²) in [4.78, 5) is 11.3. The predicted octanol–water partition coefficient (Wildman–Crippen LogP) is 3.56. The maximum absolute atomic E-state index is 11.3. The number of aromatic nitrogens is 1. The molecule has 0 unspecified atom stereocenters. The lowest BCUT2D eigenvalue weighted by molar-refractivity contribution is 0.0698. The number of fused-ring (bicyclic) bond motifs is 1. The van der Waals surface area contributed by atoms with Crippen LogP contribution in [0.1, 0.15) is 15.9 Å². The van der Waals surface area contributed by atoms with Crippen molar-refractivity contribution in [2.24, 2.45) is 0 Å². The number of ether oxygens (including phenoxy) is 1. The Morgan fingerprint density at radius 2 is 1.86 bits per heavy atom. The standard InChI is InChI=1S/C18H17NO3/c20-18(21)16-8-4-7-15-9-10-19(17(15)16)11-12-22-13-14-5-2-1-3-6-14/h1-10H,11-13H2,(H,20,21). The minimum atomic E-state index is -0.907. The van der Waals surface area contributed by atoms with Gasteiger partial charge in [-0.2, -0.15) is 0 Å². The lowest BCUT2D eigenvalue weighted by Crippen LogP contribution is -2.07. The molecule has 4 nitrogen and oxygen atoms in total. The summed E-state index contributed by atoms with van der Waals surface area (Å²) in [6, 6.07) is 17.2. The molecule has 0 amide bonds. The molecular weight excluding hydrogens is 278 g/mol. The maximum atomic E-state index is 11.3. The number of carboxylic acid groups (broad SMARTS) is 1. The van der Waals surface area contributed by atoms with Gasteiger partial charge in [-0.15, -0.1) is 0 Å². The lowest BCUT2D eigenvalue weighted by atomic mass is 10.1. The van der Waals surface area contributed by atoms with E-state index in [4.69, 9.17) is 4.74 Å². The highest BCUT2D eigenvalue weighted by atomic mass is 16.5. The van der Waals surface area contributed by atoms with Gasteiger partial charge in [0.25, 0.3) is 0 Å². The van der Waals surface area contributed by atoms with Crippen LogP contribution in [0, 0.1) is 0 Å². The van der Waals surface area contributed by atoms with Crippen LogP contribution in [0.25, 0.3) is 10.9 Å². The normalized spacial score (nSPS) is 10.9. The second kappa shape index (κ2) is 6.45. The van der Waals surface area contributed by atoms with Crippen molar-refractivity contribution in [3.63, 3.8) is 0 Å². The fourth-order valence-corrected chi connectivity index (χ4v) is 2.55. The van der Waals surface area contributed by atoms with Crippen molar-refractivity contribution in [1.82, 2.24) is 4.57 Å². The molecule has 0 aliphatic carbocycles. The van der Waals surface area contributed by atoms with Gasteiger partial charge in [-0.05, 0) is 17.7 Å². The van der Waals surface area contributed by atoms with Gasteiger partial charge in [0.15, 0.2) is 0 Å². The quantitative estimate of drug-likeness (QED) is 0.707. The highest BCUT2D eigenvalue weighted by Gasteiger charge is 2.11. The van der Waals surface area contributed by atoms with Crippen molar-refractivity contribution in [2.75, 3.05) is 6.61 Å². The fraction of sp³-hybridized carbons (Fsp3) is 0.167. The van der Waals surface area contributed by atoms with E-state index in [1.165, 1.54) is 0 Å². The van der Waals surface area contributed by atoms with Crippen LogP contribution in [-0.4, -0.2) is 22.2 Å². The van der Waals surface area contributed by atoms with Crippen molar-refractivity contribution in [3.8, 4) is 0 Å². The molecule has 112 valence electrons. The molecule has 22 heavy (non-hydrogen) atoms. The van der Waals surface area contributed by atoms with E-state index in [0.29, 0.717) is 25.3 Å². The highest BCUT2D eigenvalue weighted by Crippen LogP contribution is 2.20. The summed E-state index contributed by atoms with van der Waals surface area (Å²) >= 11 is 0. The van der Waals surface area contributed by atoms with Gasteiger partial charge in [-0.3, -0.25) is 0 Å². The second-order valence-corrected chi connectivity index (χ2v) is 5.10. The second-order valence-electron chi connectivity index (χ2n) is 5.10. The van der Waals surface area contributed by atoms with Gasteiger partial charge < -0.3 is 14.4 Å². The molecule has 0 fully saturated rings. The third kappa shape index (κ3) is 3.02. The van der Waals surface area contributed by atoms with Gasteiger partial charge in [-0.25, -0.2) is 4.79 Å². The first kappa shape index (κ1) is 14.4. The highest BCUT2D eigenvalue weighted by molar-refractivity contribution is 6.02. The third-order valence-corrected chi connectivity index (χ3v) is 3.61. The summed E-state index contributed by atoms with van der Waals surface area (Å²) in [5, 5.41) is 10.2. The molecule has 0 bridgehead atoms. The van der Waals surface area contributed by atoms with Gasteiger partial charge in [-0.1, -0.05) is 42.5 Å². The molecule has 1 N–H and O–H groups in total. The first-order valence-electron chi connectivity index (χ1n) is 7.18. The van der Waals surface area contributed by atoms with Crippen LogP contribution in [0.15, 0.2) is 60.8 Å². The predicted molar refractivity (Wildman–Crippen MR) is 85.0 cm³/mol. The first-order valence-corrected chi connectivity index (χ1v) is 7.18. The van der Waals surface area contributed by atoms with Crippen molar-refractivity contribution >= 4 is 16.9 Å². The van der Waals surface area contributed by atoms with Gasteiger partial charge in [0, 0.05) is 18.1 Å². The zero-order chi connectivity index (χ0) is 15.4. The molecule has 2 aromatic carbocycles. The number of benzene rings is 2. The molecule has 1 aromatic heterocycles. The molecule has 1 heterocycles. The average molecular weight is 295 g/mol. The van der Waals surface area contributed by atoms with Crippen LogP contribution < -0.4 is 0 Å². The number of carbonyl (C=O) groups is 1. The topological polar surface area (TPSA) is 51.5 Å². The monoisotopic (exact) mass is 295 g/mol. The summed E-state index contributed by atoms with van der Waals surface area (Å²) in [6.07, 6.45) is 1.91. The molecule has 3 rings (SSSR count). The van der Waals surface area contributed by atoms with E-state index < -0.39 is 5.97 Å². The Bertz CT molecular complexity index is 777. The largest absolute Gasteiger partial charge is 0.478 e. The molecule has 0 radical (unpaired) electrons. The van der Waals surface area contributed by atoms with Crippen molar-refractivity contribution < 1.29 is 14.6 Å². The Morgan fingerprint density at radius 1 is 1.05 bits per heavy atom. The van der Waals surface area contributed by atoms with E-state index in [9.17, 15) is 9.90 Å². The number of nitrogens with zero attached hydrogens (tertiary/aromatic N) is 1. The summed E-state index contributed by atoms with van der Waals surface area (Å²) in [6.45, 7) is 1.72. The van der Waals surface area contributed by atoms with Crippen LogP contribution in [0.5, 0.6) is 0 Å². The summed E-state index contributed by atoms with van der Waals surface area (Å²) in [7, 11) is 0. The number of carboxylic acids is 1. The molecule has 0 saturated carbocycles. The van der Waals surface area contributed by atoms with Crippen LogP contribution in [0.3, 0.4) is 0 Å². The van der Waals surface area contributed by atoms with Crippen LogP contribution in [0.4, 0.5) is 0 Å². The third-order valence-electron chi connectivity index (χ3n) is 3.61. The smallest absolute Gasteiger partial charge is 0.337 e. The summed E-state index contributed by atoms with van der Waals surface area (Å²) in [5.74, 6) is -0.907. The zero-order valence-electron chi connectivity index (χ0n) is 12.1. The van der Waals surface area contributed by atoms with E-state index >= 15 is 0 Å². The molecule has 3 aromatic rings. The Hall–Kier alpha value is -2.59. The van der Waals surface area contributed by atoms with Crippen LogP contribution in [0.2, 0.25) is 0 Å². The maximum Gasteiger partial charge on any atom is 0.337 e. The van der Waals surface area contributed by atoms with Crippen molar-refractivity contribution in [3.05, 3.63) is 71.9 Å². The van der Waals surface area contributed by atoms with Crippen LogP contribution in [-0.2, 0) is 17.9 Å². The first-order chi connectivity index (χ1) is 10.8. The van der Waals surface area contributed by atoms with E-state index in [2.05, 4.69) is 0 Å². The zero-order valence-corrected chi connectivity index (χ0v) is 12.1. The minimum absolute atomic E-state index is 0.325. The minimum Gasteiger partial charge on any atom is -0.478 e. The van der Waals surface area contributed by atoms with Gasteiger partial charge >= 0.3 is 5.97 Å². The average Bonchev–Trinajstić information content (AvgIpc) is 2.95. The number of para-hydroxylation sites is 1. The molecular formula is C18H17NO3. The Kier molecular flexibility index (Phi) is 4.21. The Balaban J connectivity index is 1.68. The van der Waals surface area contributed by atoms with Crippen LogP contribution >= 0.6 is 0 Å². The molecule has 0 aliphatic heterocycles. The number of aromatic carboxylic acids is 1. The molecule has 0 spiro atoms. The van der Waals surface area contributed by atoms with Crippen molar-refractivity contribution in [2.45, 2.75) is 13.2 Å².